The molecule has 0 saturated carbocycles. The van der Waals surface area contributed by atoms with Crippen molar-refractivity contribution >= 4 is 38.7 Å². The number of methoxy groups -OCH3 is 1. The molecule has 0 spiro atoms. The van der Waals surface area contributed by atoms with Crippen molar-refractivity contribution in [2.75, 3.05) is 30.4 Å². The highest BCUT2D eigenvalue weighted by Crippen LogP contribution is 2.28. The van der Waals surface area contributed by atoms with Gasteiger partial charge in [-0.1, -0.05) is 0 Å². The molecule has 4 nitrogen and oxygen atoms in total. The molecule has 1 saturated heterocycles. The van der Waals surface area contributed by atoms with E-state index in [0.29, 0.717) is 4.88 Å². The van der Waals surface area contributed by atoms with Gasteiger partial charge in [-0.3, -0.25) is 4.79 Å². The lowest BCUT2D eigenvalue weighted by Gasteiger charge is -2.33. The van der Waals surface area contributed by atoms with Crippen LogP contribution in [-0.2, 0) is 4.74 Å². The number of carbonyl (C=O) groups excluding carboxylic acids is 1. The Morgan fingerprint density at radius 2 is 2.04 bits per heavy atom. The zero-order valence-corrected chi connectivity index (χ0v) is 15.9. The first-order chi connectivity index (χ1) is 13.1. The van der Waals surface area contributed by atoms with Gasteiger partial charge in [-0.05, 0) is 66.8 Å². The van der Waals surface area contributed by atoms with E-state index in [-0.39, 0.29) is 17.8 Å². The van der Waals surface area contributed by atoms with Crippen molar-refractivity contribution in [1.82, 2.24) is 0 Å². The zero-order chi connectivity index (χ0) is 18.8. The van der Waals surface area contributed by atoms with Crippen LogP contribution in [0.1, 0.15) is 22.5 Å². The third kappa shape index (κ3) is 3.96. The summed E-state index contributed by atoms with van der Waals surface area (Å²) in [7, 11) is 1.76. The highest BCUT2D eigenvalue weighted by atomic mass is 32.1. The minimum Gasteiger partial charge on any atom is -0.380 e. The number of halogens is 1. The Morgan fingerprint density at radius 3 is 2.81 bits per heavy atom. The minimum atomic E-state index is -0.295. The van der Waals surface area contributed by atoms with Crippen LogP contribution in [0.4, 0.5) is 15.8 Å². The Kier molecular flexibility index (Phi) is 5.09. The fraction of sp³-hybridized carbons (Fsp3) is 0.286. The maximum absolute atomic E-state index is 13.3. The lowest BCUT2D eigenvalue weighted by Crippen LogP contribution is -2.39. The first-order valence-electron chi connectivity index (χ1n) is 9.00. The summed E-state index contributed by atoms with van der Waals surface area (Å²) in [5.41, 5.74) is 1.87. The molecule has 1 atom stereocenters. The second-order valence-electron chi connectivity index (χ2n) is 6.74. The van der Waals surface area contributed by atoms with Gasteiger partial charge in [0.2, 0.25) is 0 Å². The van der Waals surface area contributed by atoms with Crippen molar-refractivity contribution in [2.45, 2.75) is 18.9 Å². The van der Waals surface area contributed by atoms with Gasteiger partial charge in [-0.2, -0.15) is 0 Å². The molecular formula is C21H21FN2O2S. The number of nitrogens with one attached hydrogen (secondary N) is 1. The van der Waals surface area contributed by atoms with E-state index in [9.17, 15) is 9.18 Å². The Labute approximate surface area is 161 Å². The third-order valence-corrected chi connectivity index (χ3v) is 6.02. The van der Waals surface area contributed by atoms with Crippen molar-refractivity contribution in [3.63, 3.8) is 0 Å². The molecule has 140 valence electrons. The first kappa shape index (κ1) is 17.9. The number of fused-ring (bicyclic) bond motifs is 1. The molecule has 1 unspecified atom stereocenters. The smallest absolute Gasteiger partial charge is 0.265 e. The topological polar surface area (TPSA) is 41.6 Å². The molecule has 1 aliphatic rings. The van der Waals surface area contributed by atoms with Crippen LogP contribution in [-0.4, -0.2) is 32.2 Å². The Bertz CT molecular complexity index is 954. The van der Waals surface area contributed by atoms with E-state index in [1.54, 1.807) is 19.2 Å². The average molecular weight is 384 g/mol. The molecule has 0 radical (unpaired) electrons. The van der Waals surface area contributed by atoms with Crippen molar-refractivity contribution in [1.29, 1.82) is 0 Å². The number of ether oxygens (including phenoxy) is 1. The number of hydrogen-bond donors (Lipinski definition) is 1. The van der Waals surface area contributed by atoms with Crippen LogP contribution >= 0.6 is 11.3 Å². The van der Waals surface area contributed by atoms with Gasteiger partial charge in [0.15, 0.2) is 0 Å². The van der Waals surface area contributed by atoms with Crippen molar-refractivity contribution in [2.24, 2.45) is 0 Å². The van der Waals surface area contributed by atoms with Crippen LogP contribution < -0.4 is 10.2 Å². The molecule has 1 N–H and O–H groups in total. The van der Waals surface area contributed by atoms with Gasteiger partial charge in [-0.15, -0.1) is 11.3 Å². The Morgan fingerprint density at radius 1 is 1.22 bits per heavy atom. The van der Waals surface area contributed by atoms with Crippen molar-refractivity contribution in [3.05, 3.63) is 59.2 Å². The SMILES string of the molecule is COC1CCCN(c2ccc(NC(=O)c3cc4cc(F)ccc4s3)cc2)C1. The normalized spacial score (nSPS) is 17.3. The lowest BCUT2D eigenvalue weighted by atomic mass is 10.1. The molecule has 2 aromatic carbocycles. The van der Waals surface area contributed by atoms with E-state index >= 15 is 0 Å². The predicted octanol–water partition coefficient (Wildman–Crippen LogP) is 4.91. The van der Waals surface area contributed by atoms with Gasteiger partial charge in [-0.25, -0.2) is 4.39 Å². The number of rotatable bonds is 4. The van der Waals surface area contributed by atoms with E-state index in [4.69, 9.17) is 4.74 Å². The summed E-state index contributed by atoms with van der Waals surface area (Å²) >= 11 is 1.36. The quantitative estimate of drug-likeness (QED) is 0.695. The first-order valence-corrected chi connectivity index (χ1v) is 9.82. The van der Waals surface area contributed by atoms with Gasteiger partial charge in [0.25, 0.3) is 5.91 Å². The molecule has 27 heavy (non-hydrogen) atoms. The molecular weight excluding hydrogens is 363 g/mol. The largest absolute Gasteiger partial charge is 0.380 e. The van der Waals surface area contributed by atoms with Crippen LogP contribution in [0.15, 0.2) is 48.5 Å². The molecule has 2 heterocycles. The van der Waals surface area contributed by atoms with Crippen molar-refractivity contribution < 1.29 is 13.9 Å². The number of nitrogens with zero attached hydrogens (tertiary/aromatic N) is 1. The summed E-state index contributed by atoms with van der Waals surface area (Å²) in [5, 5.41) is 3.67. The van der Waals surface area contributed by atoms with E-state index in [1.165, 1.54) is 23.5 Å². The van der Waals surface area contributed by atoms with Crippen LogP contribution in [0, 0.1) is 5.82 Å². The molecule has 6 heteroatoms. The molecule has 1 aromatic heterocycles. The average Bonchev–Trinajstić information content (AvgIpc) is 3.12. The maximum Gasteiger partial charge on any atom is 0.265 e. The highest BCUT2D eigenvalue weighted by molar-refractivity contribution is 7.20. The Hall–Kier alpha value is -2.44. The lowest BCUT2D eigenvalue weighted by molar-refractivity contribution is 0.0893. The Balaban J connectivity index is 1.45. The minimum absolute atomic E-state index is 0.179. The van der Waals surface area contributed by atoms with Crippen LogP contribution in [0.25, 0.3) is 10.1 Å². The third-order valence-electron chi connectivity index (χ3n) is 4.90. The number of hydrogen-bond acceptors (Lipinski definition) is 4. The van der Waals surface area contributed by atoms with E-state index in [2.05, 4.69) is 10.2 Å². The fourth-order valence-electron chi connectivity index (χ4n) is 3.44. The summed E-state index contributed by atoms with van der Waals surface area (Å²) in [5.74, 6) is -0.474. The number of thiophene rings is 1. The number of amides is 1. The molecule has 1 amide bonds. The second-order valence-corrected chi connectivity index (χ2v) is 7.82. The van der Waals surface area contributed by atoms with Gasteiger partial charge in [0.1, 0.15) is 5.82 Å². The van der Waals surface area contributed by atoms with Gasteiger partial charge < -0.3 is 15.0 Å². The zero-order valence-electron chi connectivity index (χ0n) is 15.1. The van der Waals surface area contributed by atoms with E-state index in [0.717, 1.165) is 47.4 Å². The number of piperidine rings is 1. The molecule has 0 aliphatic carbocycles. The van der Waals surface area contributed by atoms with Crippen LogP contribution in [0.5, 0.6) is 0 Å². The highest BCUT2D eigenvalue weighted by Gasteiger charge is 2.19. The molecule has 1 aliphatic heterocycles. The standard InChI is InChI=1S/C21H21FN2O2S/c1-26-18-3-2-10-24(13-18)17-7-5-16(6-8-17)23-21(25)20-12-14-11-15(22)4-9-19(14)27-20/h4-9,11-12,18H,2-3,10,13H2,1H3,(H,23,25). The van der Waals surface area contributed by atoms with E-state index in [1.807, 2.05) is 24.3 Å². The van der Waals surface area contributed by atoms with Gasteiger partial charge >= 0.3 is 0 Å². The molecule has 1 fully saturated rings. The summed E-state index contributed by atoms with van der Waals surface area (Å²) < 4.78 is 19.7. The molecule has 3 aromatic rings. The number of carbonyl (C=O) groups is 1. The second kappa shape index (κ2) is 7.66. The molecule has 4 rings (SSSR count). The predicted molar refractivity (Wildman–Crippen MR) is 108 cm³/mol. The van der Waals surface area contributed by atoms with Crippen LogP contribution in [0.3, 0.4) is 0 Å². The van der Waals surface area contributed by atoms with Crippen LogP contribution in [0.2, 0.25) is 0 Å². The monoisotopic (exact) mass is 384 g/mol. The van der Waals surface area contributed by atoms with Gasteiger partial charge in [0.05, 0.1) is 11.0 Å². The summed E-state index contributed by atoms with van der Waals surface area (Å²) in [6.45, 7) is 1.91. The molecule has 0 bridgehead atoms. The number of anilines is 2. The summed E-state index contributed by atoms with van der Waals surface area (Å²) in [6, 6.07) is 14.2. The maximum atomic E-state index is 13.3. The van der Waals surface area contributed by atoms with E-state index < -0.39 is 0 Å². The fourth-order valence-corrected chi connectivity index (χ4v) is 4.38. The summed E-state index contributed by atoms with van der Waals surface area (Å²) in [4.78, 5) is 15.4. The number of benzene rings is 2. The summed E-state index contributed by atoms with van der Waals surface area (Å²) in [6.07, 6.45) is 2.49. The van der Waals surface area contributed by atoms with Crippen molar-refractivity contribution in [3.8, 4) is 0 Å². The van der Waals surface area contributed by atoms with Gasteiger partial charge in [0, 0.05) is 36.3 Å².